The highest BCUT2D eigenvalue weighted by atomic mass is 35.5. The quantitative estimate of drug-likeness (QED) is 0.116. The van der Waals surface area contributed by atoms with Crippen LogP contribution in [0.2, 0.25) is 10.0 Å². The molecule has 4 atom stereocenters. The fraction of sp³-hybridized carbons (Fsp3) is 0.205. The molecule has 0 aromatic heterocycles. The van der Waals surface area contributed by atoms with Crippen LogP contribution in [0.3, 0.4) is 0 Å². The van der Waals surface area contributed by atoms with Crippen molar-refractivity contribution < 1.29 is 24.6 Å². The number of amides is 1. The minimum absolute atomic E-state index is 0.157. The molecule has 1 amide bonds. The van der Waals surface area contributed by atoms with Crippen LogP contribution >= 0.6 is 23.2 Å². The number of benzene rings is 5. The number of halogens is 2. The molecule has 0 aliphatic rings. The second-order valence-electron chi connectivity index (χ2n) is 11.9. The summed E-state index contributed by atoms with van der Waals surface area (Å²) in [5.41, 5.74) is 4.70. The third-order valence-corrected chi connectivity index (χ3v) is 9.56. The molecular formula is C39H35Cl2NO5. The summed E-state index contributed by atoms with van der Waals surface area (Å²) >= 11 is 12.7. The molecule has 0 spiro atoms. The highest BCUT2D eigenvalue weighted by Crippen LogP contribution is 2.40. The van der Waals surface area contributed by atoms with Gasteiger partial charge in [-0.3, -0.25) is 14.4 Å². The average molecular weight is 669 g/mol. The van der Waals surface area contributed by atoms with Gasteiger partial charge in [-0.05, 0) is 75.0 Å². The smallest absolute Gasteiger partial charge is 0.307 e. The zero-order valence-corrected chi connectivity index (χ0v) is 27.3. The Bertz CT molecular complexity index is 1880. The molecule has 0 bridgehead atoms. The monoisotopic (exact) mass is 667 g/mol. The predicted molar refractivity (Wildman–Crippen MR) is 187 cm³/mol. The number of aliphatic carboxylic acids is 2. The first-order valence-electron chi connectivity index (χ1n) is 15.4. The molecule has 47 heavy (non-hydrogen) atoms. The molecule has 5 aromatic carbocycles. The first-order valence-corrected chi connectivity index (χ1v) is 16.2. The Hall–Kier alpha value is -4.65. The molecule has 0 saturated carbocycles. The van der Waals surface area contributed by atoms with Gasteiger partial charge in [0.05, 0.1) is 28.3 Å². The third-order valence-electron chi connectivity index (χ3n) is 8.82. The fourth-order valence-corrected chi connectivity index (χ4v) is 6.62. The molecule has 0 fully saturated rings. The van der Waals surface area contributed by atoms with Crippen molar-refractivity contribution >= 4 is 51.8 Å². The number of carboxylic acid groups (broad SMARTS) is 2. The molecule has 0 aliphatic heterocycles. The maximum absolute atomic E-state index is 14.0. The molecule has 0 aliphatic carbocycles. The number of hydrogen-bond donors (Lipinski definition) is 3. The Labute approximate surface area is 284 Å². The van der Waals surface area contributed by atoms with Gasteiger partial charge in [-0.2, -0.15) is 0 Å². The maximum atomic E-state index is 14.0. The zero-order chi connectivity index (χ0) is 33.5. The topological polar surface area (TPSA) is 104 Å². The standard InChI is InChI=1S/C39H35Cl2NO5/c1-24(32(31-17-18-34(40)35(41)21-31)20-25-11-14-29(15-12-25)27-7-3-2-4-8-27)37(33(39(46)47)22-36(43)44)38(45)42-23-26-13-16-28-9-5-6-10-30(28)19-26/h2-19,21,24,32-33,37H,20,22-23H2,1H3,(H,42,45)(H,43,44)(H,46,47). The van der Waals surface area contributed by atoms with E-state index in [4.69, 9.17) is 23.2 Å². The lowest BCUT2D eigenvalue weighted by Crippen LogP contribution is -2.44. The highest BCUT2D eigenvalue weighted by Gasteiger charge is 2.42. The molecule has 5 aromatic rings. The molecule has 240 valence electrons. The summed E-state index contributed by atoms with van der Waals surface area (Å²) in [6.45, 7) is 1.97. The van der Waals surface area contributed by atoms with Gasteiger partial charge >= 0.3 is 11.9 Å². The lowest BCUT2D eigenvalue weighted by Gasteiger charge is -2.34. The van der Waals surface area contributed by atoms with Crippen LogP contribution in [0.15, 0.2) is 115 Å². The molecule has 0 radical (unpaired) electrons. The zero-order valence-electron chi connectivity index (χ0n) is 25.8. The molecule has 8 heteroatoms. The van der Waals surface area contributed by atoms with Gasteiger partial charge in [-0.1, -0.05) is 127 Å². The van der Waals surface area contributed by atoms with E-state index in [1.807, 2.05) is 110 Å². The Morgan fingerprint density at radius 2 is 1.34 bits per heavy atom. The molecule has 5 rings (SSSR count). The van der Waals surface area contributed by atoms with Crippen LogP contribution in [0, 0.1) is 17.8 Å². The van der Waals surface area contributed by atoms with Crippen molar-refractivity contribution in [1.82, 2.24) is 5.32 Å². The summed E-state index contributed by atoms with van der Waals surface area (Å²) in [7, 11) is 0. The SMILES string of the molecule is CC(C(Cc1ccc(-c2ccccc2)cc1)c1ccc(Cl)c(Cl)c1)C(C(=O)NCc1ccc2ccccc2c1)C(CC(=O)O)C(=O)O. The van der Waals surface area contributed by atoms with Gasteiger partial charge < -0.3 is 15.5 Å². The van der Waals surface area contributed by atoms with E-state index in [2.05, 4.69) is 5.32 Å². The van der Waals surface area contributed by atoms with Crippen molar-refractivity contribution in [3.63, 3.8) is 0 Å². The fourth-order valence-electron chi connectivity index (χ4n) is 6.32. The summed E-state index contributed by atoms with van der Waals surface area (Å²) < 4.78 is 0. The second-order valence-corrected chi connectivity index (χ2v) is 12.7. The predicted octanol–water partition coefficient (Wildman–Crippen LogP) is 8.88. The lowest BCUT2D eigenvalue weighted by atomic mass is 9.70. The molecule has 3 N–H and O–H groups in total. The molecule has 0 heterocycles. The van der Waals surface area contributed by atoms with Crippen LogP contribution < -0.4 is 5.32 Å². The van der Waals surface area contributed by atoms with Crippen molar-refractivity contribution in [2.75, 3.05) is 0 Å². The minimum Gasteiger partial charge on any atom is -0.481 e. The van der Waals surface area contributed by atoms with Gasteiger partial charge in [0.25, 0.3) is 0 Å². The van der Waals surface area contributed by atoms with Gasteiger partial charge in [0.2, 0.25) is 5.91 Å². The average Bonchev–Trinajstić information content (AvgIpc) is 3.07. The largest absolute Gasteiger partial charge is 0.481 e. The van der Waals surface area contributed by atoms with E-state index in [0.717, 1.165) is 38.6 Å². The summed E-state index contributed by atoms with van der Waals surface area (Å²) in [6, 6.07) is 37.0. The van der Waals surface area contributed by atoms with E-state index >= 15 is 0 Å². The number of carboxylic acids is 2. The molecule has 0 saturated heterocycles. The molecular weight excluding hydrogens is 633 g/mol. The van der Waals surface area contributed by atoms with Gasteiger partial charge in [0, 0.05) is 6.54 Å². The van der Waals surface area contributed by atoms with Crippen molar-refractivity contribution in [2.24, 2.45) is 17.8 Å². The van der Waals surface area contributed by atoms with Gasteiger partial charge in [0.15, 0.2) is 0 Å². The van der Waals surface area contributed by atoms with Crippen molar-refractivity contribution in [3.05, 3.63) is 142 Å². The van der Waals surface area contributed by atoms with Gasteiger partial charge in [-0.15, -0.1) is 0 Å². The number of nitrogens with one attached hydrogen (secondary N) is 1. The summed E-state index contributed by atoms with van der Waals surface area (Å²) in [4.78, 5) is 38.6. The van der Waals surface area contributed by atoms with Crippen molar-refractivity contribution in [2.45, 2.75) is 32.2 Å². The van der Waals surface area contributed by atoms with Crippen molar-refractivity contribution in [3.8, 4) is 11.1 Å². The Morgan fingerprint density at radius 1 is 0.702 bits per heavy atom. The van der Waals surface area contributed by atoms with Crippen LogP contribution in [0.5, 0.6) is 0 Å². The first-order chi connectivity index (χ1) is 22.6. The van der Waals surface area contributed by atoms with Crippen LogP contribution in [-0.4, -0.2) is 28.1 Å². The van der Waals surface area contributed by atoms with Crippen LogP contribution in [0.25, 0.3) is 21.9 Å². The second kappa shape index (κ2) is 15.3. The van der Waals surface area contributed by atoms with E-state index in [1.54, 1.807) is 12.1 Å². The van der Waals surface area contributed by atoms with Crippen LogP contribution in [-0.2, 0) is 27.3 Å². The number of hydrogen-bond acceptors (Lipinski definition) is 3. The first kappa shape index (κ1) is 33.7. The summed E-state index contributed by atoms with van der Waals surface area (Å²) in [5.74, 6) is -6.82. The molecule has 4 unspecified atom stereocenters. The van der Waals surface area contributed by atoms with Gasteiger partial charge in [0.1, 0.15) is 0 Å². The summed E-state index contributed by atoms with van der Waals surface area (Å²) in [5, 5.41) is 25.7. The maximum Gasteiger partial charge on any atom is 0.307 e. The Balaban J connectivity index is 1.49. The van der Waals surface area contributed by atoms with E-state index in [-0.39, 0.29) is 6.54 Å². The number of carbonyl (C=O) groups excluding carboxylic acids is 1. The Morgan fingerprint density at radius 3 is 2.00 bits per heavy atom. The van der Waals surface area contributed by atoms with Gasteiger partial charge in [-0.25, -0.2) is 0 Å². The number of fused-ring (bicyclic) bond motifs is 1. The van der Waals surface area contributed by atoms with E-state index < -0.39 is 47.9 Å². The Kier molecular flexibility index (Phi) is 11.0. The third kappa shape index (κ3) is 8.39. The number of rotatable bonds is 13. The van der Waals surface area contributed by atoms with E-state index in [1.165, 1.54) is 0 Å². The van der Waals surface area contributed by atoms with Crippen molar-refractivity contribution in [1.29, 1.82) is 0 Å². The molecule has 6 nitrogen and oxygen atoms in total. The van der Waals surface area contributed by atoms with Crippen LogP contribution in [0.4, 0.5) is 0 Å². The van der Waals surface area contributed by atoms with Crippen LogP contribution in [0.1, 0.15) is 36.0 Å². The number of carbonyl (C=O) groups is 3. The lowest BCUT2D eigenvalue weighted by molar-refractivity contribution is -0.154. The minimum atomic E-state index is -1.47. The normalized spacial score (nSPS) is 13.8. The van der Waals surface area contributed by atoms with E-state index in [9.17, 15) is 24.6 Å². The van der Waals surface area contributed by atoms with E-state index in [0.29, 0.717) is 16.5 Å². The summed E-state index contributed by atoms with van der Waals surface area (Å²) in [6.07, 6.45) is -0.254. The highest BCUT2D eigenvalue weighted by molar-refractivity contribution is 6.42.